The number of esters is 3. The number of methoxy groups -OCH3 is 3. The van der Waals surface area contributed by atoms with Gasteiger partial charge in [0.2, 0.25) is 0 Å². The summed E-state index contributed by atoms with van der Waals surface area (Å²) in [5.41, 5.74) is 0.286. The van der Waals surface area contributed by atoms with Crippen LogP contribution in [0.5, 0.6) is 0 Å². The lowest BCUT2D eigenvalue weighted by Gasteiger charge is -2.23. The highest BCUT2D eigenvalue weighted by atomic mass is 16.5. The lowest BCUT2D eigenvalue weighted by molar-refractivity contribution is -0.158. The van der Waals surface area contributed by atoms with Gasteiger partial charge in [-0.1, -0.05) is 30.3 Å². The van der Waals surface area contributed by atoms with Gasteiger partial charge in [0.25, 0.3) is 5.91 Å². The number of ether oxygens (including phenoxy) is 3. The molecule has 2 atom stereocenters. The molecule has 0 saturated heterocycles. The second-order valence-electron chi connectivity index (χ2n) is 5.95. The SMILES string of the molecule is COC(=O)C[C@H](C(=O)OC)[C@@H](NC(=O)c1ccc2ccccc2c1)C(=O)OC. The molecule has 8 heteroatoms. The molecule has 0 aliphatic carbocycles. The smallest absolute Gasteiger partial charge is 0.329 e. The van der Waals surface area contributed by atoms with Crippen LogP contribution >= 0.6 is 0 Å². The number of nitrogens with one attached hydrogen (secondary N) is 1. The van der Waals surface area contributed by atoms with Crippen LogP contribution in [0.1, 0.15) is 16.8 Å². The zero-order chi connectivity index (χ0) is 20.7. The van der Waals surface area contributed by atoms with E-state index in [1.54, 1.807) is 18.2 Å². The van der Waals surface area contributed by atoms with Crippen LogP contribution < -0.4 is 5.32 Å². The minimum atomic E-state index is -1.42. The minimum absolute atomic E-state index is 0.286. The second kappa shape index (κ2) is 9.50. The first-order valence-electron chi connectivity index (χ1n) is 8.43. The summed E-state index contributed by atoms with van der Waals surface area (Å²) in [5, 5.41) is 4.25. The van der Waals surface area contributed by atoms with Crippen molar-refractivity contribution in [3.63, 3.8) is 0 Å². The van der Waals surface area contributed by atoms with E-state index >= 15 is 0 Å². The monoisotopic (exact) mass is 387 g/mol. The van der Waals surface area contributed by atoms with E-state index in [1.807, 2.05) is 24.3 Å². The highest BCUT2D eigenvalue weighted by Crippen LogP contribution is 2.18. The molecule has 0 heterocycles. The molecule has 0 radical (unpaired) electrons. The third-order valence-electron chi connectivity index (χ3n) is 4.27. The predicted octanol–water partition coefficient (Wildman–Crippen LogP) is 1.46. The van der Waals surface area contributed by atoms with Crippen LogP contribution in [0.2, 0.25) is 0 Å². The van der Waals surface area contributed by atoms with Gasteiger partial charge in [-0.3, -0.25) is 14.4 Å². The first-order valence-corrected chi connectivity index (χ1v) is 8.43. The Labute approximate surface area is 161 Å². The fourth-order valence-electron chi connectivity index (χ4n) is 2.76. The molecule has 0 spiro atoms. The zero-order valence-electron chi connectivity index (χ0n) is 15.8. The summed E-state index contributed by atoms with van der Waals surface area (Å²) in [6.45, 7) is 0. The molecule has 0 saturated carbocycles. The van der Waals surface area contributed by atoms with E-state index in [1.165, 1.54) is 0 Å². The highest BCUT2D eigenvalue weighted by molar-refractivity contribution is 6.01. The van der Waals surface area contributed by atoms with Crippen molar-refractivity contribution in [3.05, 3.63) is 48.0 Å². The lowest BCUT2D eigenvalue weighted by atomic mass is 9.95. The number of benzene rings is 2. The van der Waals surface area contributed by atoms with Crippen molar-refractivity contribution in [2.45, 2.75) is 12.5 Å². The minimum Gasteiger partial charge on any atom is -0.469 e. The standard InChI is InChI=1S/C20H21NO7/c1-26-16(22)11-15(19(24)27-2)17(20(25)28-3)21-18(23)14-9-8-12-6-4-5-7-13(12)10-14/h4-10,15,17H,11H2,1-3H3,(H,21,23)/t15-,17+/m0/s1. The Morgan fingerprint density at radius 2 is 1.50 bits per heavy atom. The fraction of sp³-hybridized carbons (Fsp3) is 0.300. The summed E-state index contributed by atoms with van der Waals surface area (Å²) in [7, 11) is 3.38. The van der Waals surface area contributed by atoms with Crippen molar-refractivity contribution < 1.29 is 33.4 Å². The zero-order valence-corrected chi connectivity index (χ0v) is 15.8. The van der Waals surface area contributed by atoms with Crippen LogP contribution in [0.15, 0.2) is 42.5 Å². The van der Waals surface area contributed by atoms with Crippen LogP contribution in [-0.4, -0.2) is 51.2 Å². The topological polar surface area (TPSA) is 108 Å². The Kier molecular flexibility index (Phi) is 7.08. The molecule has 0 bridgehead atoms. The number of hydrogen-bond donors (Lipinski definition) is 1. The molecule has 0 fully saturated rings. The molecule has 2 aromatic carbocycles. The van der Waals surface area contributed by atoms with Crippen LogP contribution in [0.3, 0.4) is 0 Å². The maximum Gasteiger partial charge on any atom is 0.329 e. The quantitative estimate of drug-likeness (QED) is 0.566. The summed E-state index contributed by atoms with van der Waals surface area (Å²) >= 11 is 0. The van der Waals surface area contributed by atoms with E-state index in [2.05, 4.69) is 14.8 Å². The van der Waals surface area contributed by atoms with Gasteiger partial charge in [0, 0.05) is 5.56 Å². The summed E-state index contributed by atoms with van der Waals surface area (Å²) in [6, 6.07) is 11.1. The van der Waals surface area contributed by atoms with Crippen molar-refractivity contribution in [2.75, 3.05) is 21.3 Å². The number of amides is 1. The molecule has 2 rings (SSSR count). The second-order valence-corrected chi connectivity index (χ2v) is 5.95. The van der Waals surface area contributed by atoms with Gasteiger partial charge in [0.05, 0.1) is 33.7 Å². The Morgan fingerprint density at radius 3 is 2.11 bits per heavy atom. The van der Waals surface area contributed by atoms with Crippen LogP contribution in [0.25, 0.3) is 10.8 Å². The maximum atomic E-state index is 12.7. The van der Waals surface area contributed by atoms with Gasteiger partial charge in [-0.25, -0.2) is 4.79 Å². The maximum absolute atomic E-state index is 12.7. The molecule has 0 aliphatic rings. The number of rotatable bonds is 7. The molecular weight excluding hydrogens is 366 g/mol. The first kappa shape index (κ1) is 20.9. The molecule has 28 heavy (non-hydrogen) atoms. The Balaban J connectivity index is 2.32. The van der Waals surface area contributed by atoms with Crippen molar-refractivity contribution in [2.24, 2.45) is 5.92 Å². The largest absolute Gasteiger partial charge is 0.469 e. The summed E-state index contributed by atoms with van der Waals surface area (Å²) in [6.07, 6.45) is -0.457. The van der Waals surface area contributed by atoms with E-state index in [0.717, 1.165) is 32.1 Å². The molecule has 1 amide bonds. The van der Waals surface area contributed by atoms with Crippen molar-refractivity contribution in [1.29, 1.82) is 0 Å². The molecule has 0 unspecified atom stereocenters. The van der Waals surface area contributed by atoms with Gasteiger partial charge in [-0.2, -0.15) is 0 Å². The average Bonchev–Trinajstić information content (AvgIpc) is 2.74. The van der Waals surface area contributed by atoms with Gasteiger partial charge in [0.15, 0.2) is 0 Å². The van der Waals surface area contributed by atoms with Crippen molar-refractivity contribution in [3.8, 4) is 0 Å². The third kappa shape index (κ3) is 4.85. The van der Waals surface area contributed by atoms with Crippen LogP contribution in [-0.2, 0) is 28.6 Å². The molecule has 8 nitrogen and oxygen atoms in total. The molecule has 148 valence electrons. The molecule has 0 aromatic heterocycles. The van der Waals surface area contributed by atoms with Crippen LogP contribution in [0, 0.1) is 5.92 Å². The van der Waals surface area contributed by atoms with Gasteiger partial charge >= 0.3 is 17.9 Å². The normalized spacial score (nSPS) is 12.5. The van der Waals surface area contributed by atoms with Crippen molar-refractivity contribution >= 4 is 34.6 Å². The van der Waals surface area contributed by atoms with E-state index in [0.29, 0.717) is 0 Å². The Bertz CT molecular complexity index is 893. The summed E-state index contributed by atoms with van der Waals surface area (Å²) in [5.74, 6) is -4.36. The van der Waals surface area contributed by atoms with Gasteiger partial charge in [0.1, 0.15) is 6.04 Å². The van der Waals surface area contributed by atoms with Gasteiger partial charge in [-0.15, -0.1) is 0 Å². The molecule has 0 aliphatic heterocycles. The first-order chi connectivity index (χ1) is 13.4. The number of carbonyl (C=O) groups excluding carboxylic acids is 4. The van der Waals surface area contributed by atoms with Gasteiger partial charge in [-0.05, 0) is 22.9 Å². The number of hydrogen-bond acceptors (Lipinski definition) is 7. The van der Waals surface area contributed by atoms with E-state index in [-0.39, 0.29) is 5.56 Å². The number of fused-ring (bicyclic) bond motifs is 1. The average molecular weight is 387 g/mol. The van der Waals surface area contributed by atoms with Gasteiger partial charge < -0.3 is 19.5 Å². The number of carbonyl (C=O) groups is 4. The van der Waals surface area contributed by atoms with E-state index < -0.39 is 42.2 Å². The van der Waals surface area contributed by atoms with Crippen LogP contribution in [0.4, 0.5) is 0 Å². The predicted molar refractivity (Wildman–Crippen MR) is 99.4 cm³/mol. The molecule has 1 N–H and O–H groups in total. The van der Waals surface area contributed by atoms with Crippen molar-refractivity contribution in [1.82, 2.24) is 5.32 Å². The van der Waals surface area contributed by atoms with E-state index in [4.69, 9.17) is 4.74 Å². The highest BCUT2D eigenvalue weighted by Gasteiger charge is 2.38. The Morgan fingerprint density at radius 1 is 0.857 bits per heavy atom. The van der Waals surface area contributed by atoms with E-state index in [9.17, 15) is 19.2 Å². The fourth-order valence-corrected chi connectivity index (χ4v) is 2.76. The molecular formula is C20H21NO7. The lowest BCUT2D eigenvalue weighted by Crippen LogP contribution is -2.50. The summed E-state index contributed by atoms with van der Waals surface area (Å²) in [4.78, 5) is 48.7. The summed E-state index contributed by atoms with van der Waals surface area (Å²) < 4.78 is 13.9. The third-order valence-corrected chi connectivity index (χ3v) is 4.27. The molecule has 2 aromatic rings. The Hall–Kier alpha value is -3.42.